The Balaban J connectivity index is 1.58. The number of carbonyl (C=O) groups excluding carboxylic acids is 1. The number of carbonyl (C=O) groups is 1. The Morgan fingerprint density at radius 2 is 1.78 bits per heavy atom. The molecule has 36 heavy (non-hydrogen) atoms. The fourth-order valence-electron chi connectivity index (χ4n) is 4.35. The molecular weight excluding hydrogens is 492 g/mol. The summed E-state index contributed by atoms with van der Waals surface area (Å²) in [5.74, 6) is -7.40. The number of likely N-dealkylation sites (N-methyl/N-ethyl adjacent to an activating group) is 1. The molecule has 2 aromatic heterocycles. The number of benzene rings is 2. The van der Waals surface area contributed by atoms with E-state index in [2.05, 4.69) is 0 Å². The minimum absolute atomic E-state index is 0.237. The highest BCUT2D eigenvalue weighted by atomic mass is 32.1. The number of aromatic nitrogens is 2. The number of hydrogen-bond acceptors (Lipinski definition) is 5. The van der Waals surface area contributed by atoms with Crippen LogP contribution in [-0.4, -0.2) is 22.9 Å². The van der Waals surface area contributed by atoms with E-state index < -0.39 is 46.7 Å². The van der Waals surface area contributed by atoms with Gasteiger partial charge in [0.15, 0.2) is 29.1 Å². The Morgan fingerprint density at radius 3 is 2.50 bits per heavy atom. The molecule has 4 aromatic rings. The van der Waals surface area contributed by atoms with Crippen LogP contribution in [0.5, 0.6) is 0 Å². The number of thiophene rings is 1. The molecule has 10 heteroatoms. The van der Waals surface area contributed by atoms with E-state index in [1.807, 2.05) is 29.6 Å². The lowest BCUT2D eigenvalue weighted by atomic mass is 9.91. The van der Waals surface area contributed by atoms with Crippen LogP contribution in [0.2, 0.25) is 0 Å². The largest absolute Gasteiger partial charge is 0.399 e. The SMILES string of the molecule is Cc1c(F)c(F)c(F)c(F)c1CC(=O)N(C)c1nc2c(nc1-c1cccs1)-c1ccc(N)cc1CC2. The predicted molar refractivity (Wildman–Crippen MR) is 131 cm³/mol. The molecule has 184 valence electrons. The number of anilines is 2. The van der Waals surface area contributed by atoms with Gasteiger partial charge in [-0.25, -0.2) is 27.5 Å². The molecule has 0 unspecified atom stereocenters. The maximum Gasteiger partial charge on any atom is 0.232 e. The van der Waals surface area contributed by atoms with E-state index in [4.69, 9.17) is 15.7 Å². The molecule has 0 radical (unpaired) electrons. The van der Waals surface area contributed by atoms with Crippen molar-refractivity contribution < 1.29 is 22.4 Å². The maximum atomic E-state index is 14.4. The number of hydrogen-bond donors (Lipinski definition) is 1. The first kappa shape index (κ1) is 23.9. The van der Waals surface area contributed by atoms with Crippen LogP contribution in [-0.2, 0) is 24.1 Å². The third-order valence-corrected chi connectivity index (χ3v) is 7.24. The Kier molecular flexibility index (Phi) is 5.99. The summed E-state index contributed by atoms with van der Waals surface area (Å²) >= 11 is 1.41. The molecule has 2 aromatic carbocycles. The summed E-state index contributed by atoms with van der Waals surface area (Å²) in [4.78, 5) is 24.8. The van der Waals surface area contributed by atoms with Gasteiger partial charge in [-0.1, -0.05) is 12.1 Å². The number of nitrogens with zero attached hydrogens (tertiary/aromatic N) is 3. The minimum atomic E-state index is -1.95. The summed E-state index contributed by atoms with van der Waals surface area (Å²) in [5.41, 5.74) is 9.37. The second kappa shape index (κ2) is 9.02. The third-order valence-electron chi connectivity index (χ3n) is 6.36. The van der Waals surface area contributed by atoms with Crippen molar-refractivity contribution in [2.45, 2.75) is 26.2 Å². The van der Waals surface area contributed by atoms with Crippen molar-refractivity contribution in [3.63, 3.8) is 0 Å². The van der Waals surface area contributed by atoms with Crippen molar-refractivity contribution in [3.8, 4) is 21.8 Å². The topological polar surface area (TPSA) is 72.1 Å². The van der Waals surface area contributed by atoms with E-state index in [1.165, 1.54) is 23.3 Å². The molecule has 5 nitrogen and oxygen atoms in total. The Morgan fingerprint density at radius 1 is 1.03 bits per heavy atom. The molecule has 0 saturated heterocycles. The van der Waals surface area contributed by atoms with Gasteiger partial charge >= 0.3 is 0 Å². The molecule has 2 N–H and O–H groups in total. The molecule has 0 bridgehead atoms. The average Bonchev–Trinajstić information content (AvgIpc) is 3.42. The normalized spacial score (nSPS) is 12.3. The second-order valence-corrected chi connectivity index (χ2v) is 9.52. The summed E-state index contributed by atoms with van der Waals surface area (Å²) < 4.78 is 55.9. The molecule has 0 atom stereocenters. The lowest BCUT2D eigenvalue weighted by Gasteiger charge is -2.24. The maximum absolute atomic E-state index is 14.4. The van der Waals surface area contributed by atoms with Crippen molar-refractivity contribution in [1.82, 2.24) is 9.97 Å². The quantitative estimate of drug-likeness (QED) is 0.167. The second-order valence-electron chi connectivity index (χ2n) is 8.57. The van der Waals surface area contributed by atoms with Gasteiger partial charge in [-0.15, -0.1) is 11.3 Å². The van der Waals surface area contributed by atoms with Gasteiger partial charge in [0.25, 0.3) is 0 Å². The number of halogens is 4. The van der Waals surface area contributed by atoms with Crippen LogP contribution >= 0.6 is 11.3 Å². The fraction of sp³-hybridized carbons (Fsp3) is 0.192. The minimum Gasteiger partial charge on any atom is -0.399 e. The zero-order valence-corrected chi connectivity index (χ0v) is 20.1. The zero-order valence-electron chi connectivity index (χ0n) is 19.3. The monoisotopic (exact) mass is 512 g/mol. The van der Waals surface area contributed by atoms with Crippen molar-refractivity contribution >= 4 is 28.7 Å². The molecule has 0 spiro atoms. The van der Waals surface area contributed by atoms with Crippen molar-refractivity contribution in [3.05, 3.63) is 81.4 Å². The lowest BCUT2D eigenvalue weighted by molar-refractivity contribution is -0.117. The third kappa shape index (κ3) is 3.91. The molecule has 1 aliphatic carbocycles. The van der Waals surface area contributed by atoms with Gasteiger partial charge in [0.1, 0.15) is 5.69 Å². The molecule has 5 rings (SSSR count). The van der Waals surface area contributed by atoms with Gasteiger partial charge in [0.05, 0.1) is 22.7 Å². The average molecular weight is 513 g/mol. The highest BCUT2D eigenvalue weighted by molar-refractivity contribution is 7.13. The van der Waals surface area contributed by atoms with Crippen LogP contribution in [0.25, 0.3) is 21.8 Å². The van der Waals surface area contributed by atoms with E-state index in [0.29, 0.717) is 35.6 Å². The molecule has 2 heterocycles. The number of aryl methyl sites for hydroxylation is 2. The predicted octanol–water partition coefficient (Wildman–Crippen LogP) is 5.62. The smallest absolute Gasteiger partial charge is 0.232 e. The first-order chi connectivity index (χ1) is 17.2. The molecule has 0 saturated carbocycles. The van der Waals surface area contributed by atoms with Gasteiger partial charge < -0.3 is 5.73 Å². The zero-order chi connectivity index (χ0) is 25.7. The van der Waals surface area contributed by atoms with Gasteiger partial charge in [0.2, 0.25) is 5.91 Å². The fourth-order valence-corrected chi connectivity index (χ4v) is 5.06. The van der Waals surface area contributed by atoms with Crippen LogP contribution in [0.3, 0.4) is 0 Å². The summed E-state index contributed by atoms with van der Waals surface area (Å²) in [7, 11) is 1.44. The van der Waals surface area contributed by atoms with E-state index >= 15 is 0 Å². The Labute approximate surface area is 208 Å². The number of rotatable bonds is 4. The van der Waals surface area contributed by atoms with Crippen LogP contribution in [0, 0.1) is 30.2 Å². The van der Waals surface area contributed by atoms with Crippen molar-refractivity contribution in [1.29, 1.82) is 0 Å². The van der Waals surface area contributed by atoms with Crippen LogP contribution in [0.15, 0.2) is 35.7 Å². The van der Waals surface area contributed by atoms with Gasteiger partial charge in [-0.05, 0) is 54.5 Å². The van der Waals surface area contributed by atoms with Crippen LogP contribution in [0.1, 0.15) is 22.4 Å². The highest BCUT2D eigenvalue weighted by Crippen LogP contribution is 2.38. The Hall–Kier alpha value is -3.79. The van der Waals surface area contributed by atoms with E-state index in [-0.39, 0.29) is 5.82 Å². The van der Waals surface area contributed by atoms with Gasteiger partial charge in [-0.3, -0.25) is 9.69 Å². The number of nitrogen functional groups attached to an aromatic ring is 1. The molecule has 1 aliphatic rings. The van der Waals surface area contributed by atoms with Crippen molar-refractivity contribution in [2.24, 2.45) is 0 Å². The molecule has 0 fully saturated rings. The van der Waals surface area contributed by atoms with Crippen LogP contribution in [0.4, 0.5) is 29.1 Å². The number of amides is 1. The number of fused-ring (bicyclic) bond motifs is 3. The first-order valence-electron chi connectivity index (χ1n) is 11.1. The van der Waals surface area contributed by atoms with Gasteiger partial charge in [0, 0.05) is 23.9 Å². The van der Waals surface area contributed by atoms with E-state index in [1.54, 1.807) is 6.07 Å². The summed E-state index contributed by atoms with van der Waals surface area (Å²) in [5, 5.41) is 1.86. The lowest BCUT2D eigenvalue weighted by Crippen LogP contribution is -2.31. The summed E-state index contributed by atoms with van der Waals surface area (Å²) in [6.45, 7) is 1.10. The van der Waals surface area contributed by atoms with Crippen molar-refractivity contribution in [2.75, 3.05) is 17.7 Å². The molecule has 0 aliphatic heterocycles. The standard InChI is InChI=1S/C26H20F4N4OS/c1-12-16(21(28)23(30)22(29)20(12)27)11-19(35)34(2)26-25(18-4-3-9-36-18)33-24-15-7-6-14(31)10-13(15)5-8-17(24)32-26/h3-4,6-7,9-10H,5,8,11,31H2,1-2H3. The highest BCUT2D eigenvalue weighted by Gasteiger charge is 2.29. The molecule has 1 amide bonds. The summed E-state index contributed by atoms with van der Waals surface area (Å²) in [6, 6.07) is 9.27. The van der Waals surface area contributed by atoms with Crippen LogP contribution < -0.4 is 10.6 Å². The Bertz CT molecular complexity index is 1490. The van der Waals surface area contributed by atoms with Gasteiger partial charge in [-0.2, -0.15) is 0 Å². The molecular formula is C26H20F4N4OS. The van der Waals surface area contributed by atoms with E-state index in [0.717, 1.165) is 22.9 Å². The van der Waals surface area contributed by atoms with E-state index in [9.17, 15) is 22.4 Å². The number of nitrogens with two attached hydrogens (primary N) is 1. The summed E-state index contributed by atoms with van der Waals surface area (Å²) in [6.07, 6.45) is 0.573. The first-order valence-corrected chi connectivity index (χ1v) is 12.0.